The van der Waals surface area contributed by atoms with Gasteiger partial charge in [-0.1, -0.05) is 25.7 Å². The van der Waals surface area contributed by atoms with E-state index in [4.69, 9.17) is 9.47 Å². The first-order chi connectivity index (χ1) is 8.79. The molecule has 0 bridgehead atoms. The predicted molar refractivity (Wildman–Crippen MR) is 68.1 cm³/mol. The molecule has 0 saturated carbocycles. The third-order valence-electron chi connectivity index (χ3n) is 3.08. The van der Waals surface area contributed by atoms with Crippen molar-refractivity contribution in [3.05, 3.63) is 0 Å². The Bertz CT molecular complexity index is 224. The van der Waals surface area contributed by atoms with Crippen molar-refractivity contribution in [1.29, 1.82) is 0 Å². The molecule has 4 nitrogen and oxygen atoms in total. The smallest absolute Gasteiger partial charge is 0.305 e. The van der Waals surface area contributed by atoms with Crippen molar-refractivity contribution in [3.8, 4) is 0 Å². The van der Waals surface area contributed by atoms with Crippen LogP contribution in [-0.4, -0.2) is 25.2 Å². The number of carbonyl (C=O) groups excluding carboxylic acids is 2. The van der Waals surface area contributed by atoms with E-state index in [9.17, 15) is 9.59 Å². The highest BCUT2D eigenvalue weighted by Crippen LogP contribution is 2.10. The van der Waals surface area contributed by atoms with Gasteiger partial charge in [-0.3, -0.25) is 9.59 Å². The molecule has 4 heteroatoms. The molecule has 1 aliphatic heterocycles. The van der Waals surface area contributed by atoms with Gasteiger partial charge < -0.3 is 9.47 Å². The first kappa shape index (κ1) is 15.0. The molecule has 1 saturated heterocycles. The number of esters is 2. The van der Waals surface area contributed by atoms with Crippen LogP contribution in [0.4, 0.5) is 0 Å². The van der Waals surface area contributed by atoms with E-state index in [0.717, 1.165) is 51.4 Å². The average molecular weight is 256 g/mol. The number of rotatable bonds is 0. The standard InChI is InChI=1S/C14H24O4/c15-13-9-5-3-1-2-4-6-10-14(16)18-12-8-7-11-17-13/h1-12H2. The van der Waals surface area contributed by atoms with E-state index in [2.05, 4.69) is 0 Å². The van der Waals surface area contributed by atoms with E-state index in [1.54, 1.807) is 0 Å². The molecular weight excluding hydrogens is 232 g/mol. The molecule has 0 atom stereocenters. The fraction of sp³-hybridized carbons (Fsp3) is 0.857. The minimum atomic E-state index is -0.0981. The van der Waals surface area contributed by atoms with Crippen LogP contribution in [0.5, 0.6) is 0 Å². The first-order valence-corrected chi connectivity index (χ1v) is 7.10. The highest BCUT2D eigenvalue weighted by Gasteiger charge is 2.05. The molecule has 1 aliphatic rings. The summed E-state index contributed by atoms with van der Waals surface area (Å²) in [7, 11) is 0. The highest BCUT2D eigenvalue weighted by molar-refractivity contribution is 5.69. The lowest BCUT2D eigenvalue weighted by atomic mass is 10.1. The largest absolute Gasteiger partial charge is 0.466 e. The van der Waals surface area contributed by atoms with Gasteiger partial charge >= 0.3 is 11.9 Å². The third kappa shape index (κ3) is 8.09. The lowest BCUT2D eigenvalue weighted by Crippen LogP contribution is -2.09. The fourth-order valence-electron chi connectivity index (χ4n) is 1.97. The van der Waals surface area contributed by atoms with Crippen molar-refractivity contribution >= 4 is 11.9 Å². The summed E-state index contributed by atoms with van der Waals surface area (Å²) in [5.74, 6) is -0.196. The van der Waals surface area contributed by atoms with Crippen LogP contribution in [0.2, 0.25) is 0 Å². The molecule has 0 aromatic heterocycles. The summed E-state index contributed by atoms with van der Waals surface area (Å²) in [6.45, 7) is 0.882. The maximum atomic E-state index is 11.3. The van der Waals surface area contributed by atoms with Gasteiger partial charge in [-0.05, 0) is 25.7 Å². The van der Waals surface area contributed by atoms with Crippen LogP contribution < -0.4 is 0 Å². The molecule has 0 aliphatic carbocycles. The first-order valence-electron chi connectivity index (χ1n) is 7.10. The van der Waals surface area contributed by atoms with Gasteiger partial charge in [0, 0.05) is 12.8 Å². The number of ether oxygens (including phenoxy) is 2. The number of cyclic esters (lactones) is 2. The van der Waals surface area contributed by atoms with E-state index in [0.29, 0.717) is 26.1 Å². The fourth-order valence-corrected chi connectivity index (χ4v) is 1.97. The minimum absolute atomic E-state index is 0.0981. The quantitative estimate of drug-likeness (QED) is 0.625. The minimum Gasteiger partial charge on any atom is -0.466 e. The monoisotopic (exact) mass is 256 g/mol. The van der Waals surface area contributed by atoms with E-state index in [1.165, 1.54) is 0 Å². The van der Waals surface area contributed by atoms with Gasteiger partial charge in [-0.25, -0.2) is 0 Å². The maximum Gasteiger partial charge on any atom is 0.305 e. The molecular formula is C14H24O4. The summed E-state index contributed by atoms with van der Waals surface area (Å²) in [6, 6.07) is 0. The van der Waals surface area contributed by atoms with Gasteiger partial charge in [0.15, 0.2) is 0 Å². The summed E-state index contributed by atoms with van der Waals surface area (Å²) >= 11 is 0. The molecule has 1 heterocycles. The molecule has 1 fully saturated rings. The lowest BCUT2D eigenvalue weighted by molar-refractivity contribution is -0.146. The highest BCUT2D eigenvalue weighted by atomic mass is 16.5. The van der Waals surface area contributed by atoms with Crippen LogP contribution in [0.3, 0.4) is 0 Å². The van der Waals surface area contributed by atoms with Crippen LogP contribution in [-0.2, 0) is 19.1 Å². The molecule has 0 radical (unpaired) electrons. The SMILES string of the molecule is O=C1CCCCCCCCC(=O)OCCCCO1. The van der Waals surface area contributed by atoms with E-state index < -0.39 is 0 Å². The summed E-state index contributed by atoms with van der Waals surface area (Å²) < 4.78 is 10.2. The van der Waals surface area contributed by atoms with E-state index >= 15 is 0 Å². The van der Waals surface area contributed by atoms with Crippen molar-refractivity contribution in [2.75, 3.05) is 13.2 Å². The van der Waals surface area contributed by atoms with Crippen LogP contribution >= 0.6 is 0 Å². The molecule has 18 heavy (non-hydrogen) atoms. The van der Waals surface area contributed by atoms with E-state index in [-0.39, 0.29) is 11.9 Å². The second-order valence-corrected chi connectivity index (χ2v) is 4.77. The van der Waals surface area contributed by atoms with Crippen molar-refractivity contribution in [3.63, 3.8) is 0 Å². The van der Waals surface area contributed by atoms with Crippen molar-refractivity contribution in [2.24, 2.45) is 0 Å². The van der Waals surface area contributed by atoms with Crippen molar-refractivity contribution in [1.82, 2.24) is 0 Å². The normalized spacial score (nSPS) is 22.0. The Hall–Kier alpha value is -1.06. The molecule has 0 aromatic rings. The zero-order valence-electron chi connectivity index (χ0n) is 11.1. The van der Waals surface area contributed by atoms with Crippen LogP contribution in [0.25, 0.3) is 0 Å². The second kappa shape index (κ2) is 9.92. The predicted octanol–water partition coefficient (Wildman–Crippen LogP) is 2.99. The van der Waals surface area contributed by atoms with Crippen molar-refractivity contribution < 1.29 is 19.1 Å². The van der Waals surface area contributed by atoms with Gasteiger partial charge in [0.2, 0.25) is 0 Å². The molecule has 0 unspecified atom stereocenters. The Balaban J connectivity index is 2.21. The van der Waals surface area contributed by atoms with E-state index in [1.807, 2.05) is 0 Å². The zero-order chi connectivity index (χ0) is 13.1. The second-order valence-electron chi connectivity index (χ2n) is 4.77. The molecule has 0 amide bonds. The number of hydrogen-bond acceptors (Lipinski definition) is 4. The Morgan fingerprint density at radius 3 is 1.39 bits per heavy atom. The molecule has 0 N–H and O–H groups in total. The van der Waals surface area contributed by atoms with Crippen LogP contribution in [0, 0.1) is 0 Å². The van der Waals surface area contributed by atoms with Gasteiger partial charge in [-0.2, -0.15) is 0 Å². The Morgan fingerprint density at radius 1 is 0.556 bits per heavy atom. The average Bonchev–Trinajstić information content (AvgIpc) is 2.35. The zero-order valence-corrected chi connectivity index (χ0v) is 11.1. The summed E-state index contributed by atoms with van der Waals surface area (Å²) in [4.78, 5) is 22.6. The Labute approximate surface area is 109 Å². The summed E-state index contributed by atoms with van der Waals surface area (Å²) in [5, 5.41) is 0. The van der Waals surface area contributed by atoms with Crippen molar-refractivity contribution in [2.45, 2.75) is 64.2 Å². The third-order valence-corrected chi connectivity index (χ3v) is 3.08. The van der Waals surface area contributed by atoms with Crippen LogP contribution in [0.1, 0.15) is 64.2 Å². The maximum absolute atomic E-state index is 11.3. The molecule has 1 rings (SSSR count). The number of carbonyl (C=O) groups is 2. The molecule has 0 spiro atoms. The lowest BCUT2D eigenvalue weighted by Gasteiger charge is -2.07. The number of hydrogen-bond donors (Lipinski definition) is 0. The Morgan fingerprint density at radius 2 is 0.944 bits per heavy atom. The topological polar surface area (TPSA) is 52.6 Å². The summed E-state index contributed by atoms with van der Waals surface area (Å²) in [5.41, 5.74) is 0. The van der Waals surface area contributed by atoms with Crippen LogP contribution in [0.15, 0.2) is 0 Å². The van der Waals surface area contributed by atoms with Gasteiger partial charge in [0.25, 0.3) is 0 Å². The van der Waals surface area contributed by atoms with Gasteiger partial charge in [0.1, 0.15) is 0 Å². The molecule has 104 valence electrons. The molecule has 0 aromatic carbocycles. The van der Waals surface area contributed by atoms with Gasteiger partial charge in [-0.15, -0.1) is 0 Å². The van der Waals surface area contributed by atoms with Gasteiger partial charge in [0.05, 0.1) is 13.2 Å². The summed E-state index contributed by atoms with van der Waals surface area (Å²) in [6.07, 6.45) is 8.83. The Kier molecular flexibility index (Phi) is 8.26.